The van der Waals surface area contributed by atoms with Crippen LogP contribution in [0, 0.1) is 5.92 Å². The third-order valence-electron chi connectivity index (χ3n) is 5.49. The lowest BCUT2D eigenvalue weighted by Gasteiger charge is -2.30. The topological polar surface area (TPSA) is 54.0 Å². The van der Waals surface area contributed by atoms with Crippen LogP contribution in [-0.4, -0.2) is 74.9 Å². The van der Waals surface area contributed by atoms with E-state index in [2.05, 4.69) is 17.3 Å². The molecule has 0 spiro atoms. The number of likely N-dealkylation sites (tertiary alicyclic amines) is 1. The summed E-state index contributed by atoms with van der Waals surface area (Å²) in [6.45, 7) is 5.48. The van der Waals surface area contributed by atoms with E-state index in [9.17, 15) is 4.79 Å². The maximum absolute atomic E-state index is 12.8. The van der Waals surface area contributed by atoms with Crippen LogP contribution in [0.5, 0.6) is 5.75 Å². The Balaban J connectivity index is 1.46. The number of rotatable bonds is 8. The highest BCUT2D eigenvalue weighted by Gasteiger charge is 2.24. The zero-order chi connectivity index (χ0) is 18.9. The van der Waals surface area contributed by atoms with Crippen molar-refractivity contribution in [1.29, 1.82) is 0 Å². The number of piperidine rings is 1. The molecular weight excluding hydrogens is 342 g/mol. The molecule has 1 atom stereocenters. The van der Waals surface area contributed by atoms with Crippen molar-refractivity contribution in [3.63, 3.8) is 0 Å². The number of carbonyl (C=O) groups excluding carboxylic acids is 1. The first-order valence-electron chi connectivity index (χ1n) is 10.2. The van der Waals surface area contributed by atoms with Crippen molar-refractivity contribution in [2.75, 3.05) is 53.0 Å². The second-order valence-corrected chi connectivity index (χ2v) is 7.68. The van der Waals surface area contributed by atoms with Gasteiger partial charge in [0.2, 0.25) is 0 Å². The van der Waals surface area contributed by atoms with Gasteiger partial charge in [0.05, 0.1) is 12.6 Å². The van der Waals surface area contributed by atoms with Gasteiger partial charge in [0, 0.05) is 19.7 Å². The Bertz CT molecular complexity index is 555. The monoisotopic (exact) mass is 375 g/mol. The third-order valence-corrected chi connectivity index (χ3v) is 5.49. The Morgan fingerprint density at radius 3 is 2.74 bits per heavy atom. The van der Waals surface area contributed by atoms with Gasteiger partial charge in [0.1, 0.15) is 12.4 Å². The van der Waals surface area contributed by atoms with Crippen LogP contribution >= 0.6 is 0 Å². The molecule has 2 aliphatic rings. The summed E-state index contributed by atoms with van der Waals surface area (Å²) in [5.41, 5.74) is 0. The molecule has 2 saturated heterocycles. The smallest absolute Gasteiger partial charge is 0.317 e. The summed E-state index contributed by atoms with van der Waals surface area (Å²) in [7, 11) is 2.16. The van der Waals surface area contributed by atoms with Crippen molar-refractivity contribution < 1.29 is 14.3 Å². The average Bonchev–Trinajstić information content (AvgIpc) is 3.20. The Hall–Kier alpha value is -1.79. The van der Waals surface area contributed by atoms with Crippen molar-refractivity contribution in [2.24, 2.45) is 5.92 Å². The van der Waals surface area contributed by atoms with Crippen LogP contribution in [0.4, 0.5) is 4.79 Å². The average molecular weight is 376 g/mol. The fraction of sp³-hybridized carbons (Fsp3) is 0.667. The first-order valence-corrected chi connectivity index (χ1v) is 10.2. The van der Waals surface area contributed by atoms with Crippen LogP contribution in [0.1, 0.15) is 25.7 Å². The minimum absolute atomic E-state index is 0.00101. The lowest BCUT2D eigenvalue weighted by molar-refractivity contribution is 0.0770. The van der Waals surface area contributed by atoms with Crippen molar-refractivity contribution in [1.82, 2.24) is 15.1 Å². The number of nitrogens with one attached hydrogen (secondary N) is 1. The van der Waals surface area contributed by atoms with Crippen LogP contribution in [0.3, 0.4) is 0 Å². The van der Waals surface area contributed by atoms with Crippen molar-refractivity contribution in [3.8, 4) is 5.75 Å². The maximum atomic E-state index is 12.8. The lowest BCUT2D eigenvalue weighted by atomic mass is 9.97. The predicted octanol–water partition coefficient (Wildman–Crippen LogP) is 2.60. The molecule has 2 aliphatic heterocycles. The summed E-state index contributed by atoms with van der Waals surface area (Å²) in [4.78, 5) is 17.0. The molecule has 150 valence electrons. The Kier molecular flexibility index (Phi) is 7.78. The summed E-state index contributed by atoms with van der Waals surface area (Å²) in [5.74, 6) is 1.41. The van der Waals surface area contributed by atoms with Crippen LogP contribution in [0.15, 0.2) is 30.3 Å². The minimum Gasteiger partial charge on any atom is -0.492 e. The Morgan fingerprint density at radius 2 is 2.04 bits per heavy atom. The summed E-state index contributed by atoms with van der Waals surface area (Å²) >= 11 is 0. The molecule has 0 saturated carbocycles. The number of nitrogens with zero attached hydrogens (tertiary/aromatic N) is 2. The molecule has 0 radical (unpaired) electrons. The molecule has 1 aromatic carbocycles. The number of ether oxygens (including phenoxy) is 2. The molecule has 27 heavy (non-hydrogen) atoms. The van der Waals surface area contributed by atoms with Gasteiger partial charge >= 0.3 is 6.03 Å². The second kappa shape index (κ2) is 10.5. The van der Waals surface area contributed by atoms with Gasteiger partial charge in [-0.3, -0.25) is 0 Å². The number of para-hydroxylation sites is 1. The zero-order valence-corrected chi connectivity index (χ0v) is 16.4. The Morgan fingerprint density at radius 1 is 1.26 bits per heavy atom. The largest absolute Gasteiger partial charge is 0.492 e. The van der Waals surface area contributed by atoms with Gasteiger partial charge in [-0.05, 0) is 63.9 Å². The van der Waals surface area contributed by atoms with Crippen molar-refractivity contribution in [2.45, 2.75) is 31.8 Å². The number of hydrogen-bond donors (Lipinski definition) is 1. The molecule has 3 rings (SSSR count). The van der Waals surface area contributed by atoms with Gasteiger partial charge in [0.25, 0.3) is 0 Å². The van der Waals surface area contributed by atoms with Crippen LogP contribution in [-0.2, 0) is 4.74 Å². The van der Waals surface area contributed by atoms with Crippen LogP contribution in [0.2, 0.25) is 0 Å². The number of hydrogen-bond acceptors (Lipinski definition) is 4. The maximum Gasteiger partial charge on any atom is 0.317 e. The molecule has 2 fully saturated rings. The van der Waals surface area contributed by atoms with Crippen LogP contribution in [0.25, 0.3) is 0 Å². The molecule has 1 N–H and O–H groups in total. The molecule has 0 unspecified atom stereocenters. The standard InChI is InChI=1S/C21H33N3O3/c1-23-11-9-18(10-12-23)16-22-21(25)24(17-20-8-5-14-26-20)13-15-27-19-6-3-2-4-7-19/h2-4,6-7,18,20H,5,8-17H2,1H3,(H,22,25)/t20-/m1/s1. The molecule has 6 nitrogen and oxygen atoms in total. The molecule has 0 aromatic heterocycles. The van der Waals surface area contributed by atoms with Gasteiger partial charge in [-0.15, -0.1) is 0 Å². The molecule has 0 aliphatic carbocycles. The summed E-state index contributed by atoms with van der Waals surface area (Å²) < 4.78 is 11.5. The van der Waals surface area contributed by atoms with E-state index in [0.717, 1.165) is 57.7 Å². The molecule has 1 aromatic rings. The predicted molar refractivity (Wildman–Crippen MR) is 106 cm³/mol. The first kappa shape index (κ1) is 20.0. The minimum atomic E-state index is 0.00101. The lowest BCUT2D eigenvalue weighted by Crippen LogP contribution is -2.47. The van der Waals surface area contributed by atoms with Gasteiger partial charge in [-0.25, -0.2) is 4.79 Å². The molecule has 0 bridgehead atoms. The Labute approximate surface area is 162 Å². The third kappa shape index (κ3) is 6.70. The van der Waals surface area contributed by atoms with Gasteiger partial charge in [0.15, 0.2) is 0 Å². The fourth-order valence-corrected chi connectivity index (χ4v) is 3.71. The van der Waals surface area contributed by atoms with E-state index in [1.807, 2.05) is 35.2 Å². The number of amides is 2. The highest BCUT2D eigenvalue weighted by atomic mass is 16.5. The second-order valence-electron chi connectivity index (χ2n) is 7.68. The molecule has 2 heterocycles. The molecule has 6 heteroatoms. The zero-order valence-electron chi connectivity index (χ0n) is 16.4. The van der Waals surface area contributed by atoms with Gasteiger partial charge in [-0.2, -0.15) is 0 Å². The number of carbonyl (C=O) groups is 1. The van der Waals surface area contributed by atoms with Crippen molar-refractivity contribution in [3.05, 3.63) is 30.3 Å². The van der Waals surface area contributed by atoms with E-state index < -0.39 is 0 Å². The van der Waals surface area contributed by atoms with E-state index in [1.165, 1.54) is 0 Å². The number of benzene rings is 1. The first-order chi connectivity index (χ1) is 13.2. The summed E-state index contributed by atoms with van der Waals surface area (Å²) in [5, 5.41) is 3.15. The van der Waals surface area contributed by atoms with E-state index in [4.69, 9.17) is 9.47 Å². The molecular formula is C21H33N3O3. The van der Waals surface area contributed by atoms with Gasteiger partial charge in [-0.1, -0.05) is 18.2 Å². The normalized spacial score (nSPS) is 21.1. The van der Waals surface area contributed by atoms with E-state index in [-0.39, 0.29) is 12.1 Å². The van der Waals surface area contributed by atoms with Crippen molar-refractivity contribution >= 4 is 6.03 Å². The summed E-state index contributed by atoms with van der Waals surface area (Å²) in [6, 6.07) is 9.74. The highest BCUT2D eigenvalue weighted by Crippen LogP contribution is 2.16. The van der Waals surface area contributed by atoms with E-state index in [1.54, 1.807) is 0 Å². The van der Waals surface area contributed by atoms with Gasteiger partial charge < -0.3 is 24.6 Å². The van der Waals surface area contributed by atoms with E-state index in [0.29, 0.717) is 25.6 Å². The highest BCUT2D eigenvalue weighted by molar-refractivity contribution is 5.74. The van der Waals surface area contributed by atoms with Crippen LogP contribution < -0.4 is 10.1 Å². The SMILES string of the molecule is CN1CCC(CNC(=O)N(CCOc2ccccc2)C[C@H]2CCCO2)CC1. The van der Waals surface area contributed by atoms with E-state index >= 15 is 0 Å². The quantitative estimate of drug-likeness (QED) is 0.759. The fourth-order valence-electron chi connectivity index (χ4n) is 3.71. The summed E-state index contributed by atoms with van der Waals surface area (Å²) in [6.07, 6.45) is 4.56. The molecule has 2 amide bonds. The number of urea groups is 1.